The lowest BCUT2D eigenvalue weighted by molar-refractivity contribution is 0.100. The van der Waals surface area contributed by atoms with Gasteiger partial charge in [0.1, 0.15) is 5.70 Å². The van der Waals surface area contributed by atoms with Crippen molar-refractivity contribution >= 4 is 23.4 Å². The number of hydrogen-bond acceptors (Lipinski definition) is 8. The van der Waals surface area contributed by atoms with Crippen LogP contribution < -0.4 is 16.0 Å². The van der Waals surface area contributed by atoms with Crippen LogP contribution in [0.4, 0.5) is 0 Å². The molecule has 0 aromatic heterocycles. The molecule has 0 spiro atoms. The molecule has 2 rings (SSSR count). The van der Waals surface area contributed by atoms with Crippen LogP contribution in [-0.2, 0) is 9.47 Å². The second-order valence-electron chi connectivity index (χ2n) is 9.07. The Bertz CT molecular complexity index is 1040. The first-order valence-corrected chi connectivity index (χ1v) is 14.1. The van der Waals surface area contributed by atoms with Crippen LogP contribution in [0.1, 0.15) is 45.6 Å². The van der Waals surface area contributed by atoms with Gasteiger partial charge in [-0.3, -0.25) is 15.7 Å². The van der Waals surface area contributed by atoms with E-state index in [-0.39, 0.29) is 5.90 Å². The Hall–Kier alpha value is -2.65. The standard InChI is InChI=1S/C30H45N5O2S/c1-8-23(20-32-5)11-10-21(3)29(31)37-30(34-7)28(22(4)33-6)35-27(9-2)24-12-14-25(15-13-24)38-26-16-18-36-19-17-26/h8,10-15,26,30-34H,1,9,16-20H2,2-7H3/b21-10+,23-11+,28-22-,31-29?,35-27?. The van der Waals surface area contributed by atoms with Gasteiger partial charge in [-0.05, 0) is 70.5 Å². The smallest absolute Gasteiger partial charge is 0.210 e. The molecular weight excluding hydrogens is 494 g/mol. The first-order chi connectivity index (χ1) is 18.4. The zero-order chi connectivity index (χ0) is 27.9. The van der Waals surface area contributed by atoms with Crippen LogP contribution in [0.15, 0.2) is 81.5 Å². The SMILES string of the molecule is C=C/C(=C\C=C(/C)C(=N)OC(NC)/C(N=C(CC)c1ccc(SC2CCOCC2)cc1)=C(\C)NC)CNC. The molecule has 1 aromatic rings. The van der Waals surface area contributed by atoms with E-state index in [2.05, 4.69) is 53.7 Å². The van der Waals surface area contributed by atoms with Gasteiger partial charge < -0.3 is 20.1 Å². The fourth-order valence-electron chi connectivity index (χ4n) is 3.85. The van der Waals surface area contributed by atoms with E-state index in [1.165, 1.54) is 4.90 Å². The summed E-state index contributed by atoms with van der Waals surface area (Å²) in [7, 11) is 5.57. The van der Waals surface area contributed by atoms with Crippen molar-refractivity contribution < 1.29 is 9.47 Å². The Morgan fingerprint density at radius 2 is 1.87 bits per heavy atom. The van der Waals surface area contributed by atoms with E-state index in [0.717, 1.165) is 55.0 Å². The molecule has 0 amide bonds. The van der Waals surface area contributed by atoms with Crippen molar-refractivity contribution in [2.45, 2.75) is 56.4 Å². The van der Waals surface area contributed by atoms with Crippen molar-refractivity contribution in [2.75, 3.05) is 40.9 Å². The van der Waals surface area contributed by atoms with Crippen LogP contribution in [-0.4, -0.2) is 64.0 Å². The number of likely N-dealkylation sites (N-methyl/N-ethyl adjacent to an activating group) is 2. The first-order valence-electron chi connectivity index (χ1n) is 13.2. The molecule has 1 aromatic carbocycles. The van der Waals surface area contributed by atoms with Crippen LogP contribution in [0.3, 0.4) is 0 Å². The third-order valence-corrected chi connectivity index (χ3v) is 7.65. The lowest BCUT2D eigenvalue weighted by Gasteiger charge is -2.22. The number of aliphatic imine (C=N–C) groups is 1. The van der Waals surface area contributed by atoms with Gasteiger partial charge in [0.2, 0.25) is 5.90 Å². The monoisotopic (exact) mass is 539 g/mol. The normalized spacial score (nSPS) is 17.1. The summed E-state index contributed by atoms with van der Waals surface area (Å²) in [6.45, 7) is 12.2. The van der Waals surface area contributed by atoms with E-state index in [0.29, 0.717) is 23.1 Å². The highest BCUT2D eigenvalue weighted by molar-refractivity contribution is 8.00. The van der Waals surface area contributed by atoms with Gasteiger partial charge in [0.15, 0.2) is 6.23 Å². The van der Waals surface area contributed by atoms with Crippen molar-refractivity contribution in [1.29, 1.82) is 5.41 Å². The number of hydrogen-bond donors (Lipinski definition) is 4. The quantitative estimate of drug-likeness (QED) is 0.109. The summed E-state index contributed by atoms with van der Waals surface area (Å²) in [5.74, 6) is 0.0811. The fraction of sp³-hybridized carbons (Fsp3) is 0.467. The Morgan fingerprint density at radius 3 is 2.42 bits per heavy atom. The van der Waals surface area contributed by atoms with Gasteiger partial charge in [0.05, 0.1) is 0 Å². The minimum absolute atomic E-state index is 0.0811. The molecule has 0 radical (unpaired) electrons. The number of rotatable bonds is 14. The van der Waals surface area contributed by atoms with Crippen molar-refractivity contribution in [3.05, 3.63) is 77.2 Å². The topological polar surface area (TPSA) is 90.8 Å². The maximum atomic E-state index is 8.54. The number of ether oxygens (including phenoxy) is 2. The lowest BCUT2D eigenvalue weighted by atomic mass is 10.1. The lowest BCUT2D eigenvalue weighted by Crippen LogP contribution is -2.34. The molecule has 1 heterocycles. The average Bonchev–Trinajstić information content (AvgIpc) is 2.95. The third kappa shape index (κ3) is 9.91. The van der Waals surface area contributed by atoms with Crippen molar-refractivity contribution in [3.63, 3.8) is 0 Å². The van der Waals surface area contributed by atoms with E-state index < -0.39 is 6.23 Å². The molecule has 0 bridgehead atoms. The molecule has 208 valence electrons. The zero-order valence-electron chi connectivity index (χ0n) is 23.8. The van der Waals surface area contributed by atoms with E-state index in [1.54, 1.807) is 6.08 Å². The molecule has 1 unspecified atom stereocenters. The molecule has 0 saturated carbocycles. The summed E-state index contributed by atoms with van der Waals surface area (Å²) in [6.07, 6.45) is 7.99. The Labute approximate surface area is 233 Å². The Balaban J connectivity index is 2.25. The highest BCUT2D eigenvalue weighted by atomic mass is 32.2. The van der Waals surface area contributed by atoms with Gasteiger partial charge in [-0.25, -0.2) is 0 Å². The van der Waals surface area contributed by atoms with Gasteiger partial charge in [0.25, 0.3) is 0 Å². The maximum Gasteiger partial charge on any atom is 0.210 e. The molecule has 4 N–H and O–H groups in total. The van der Waals surface area contributed by atoms with E-state index >= 15 is 0 Å². The van der Waals surface area contributed by atoms with Crippen LogP contribution in [0, 0.1) is 5.41 Å². The van der Waals surface area contributed by atoms with Crippen molar-refractivity contribution in [3.8, 4) is 0 Å². The van der Waals surface area contributed by atoms with E-state index in [1.807, 2.05) is 58.9 Å². The average molecular weight is 540 g/mol. The van der Waals surface area contributed by atoms with E-state index in [4.69, 9.17) is 19.9 Å². The van der Waals surface area contributed by atoms with Crippen LogP contribution >= 0.6 is 11.8 Å². The van der Waals surface area contributed by atoms with Gasteiger partial charge in [-0.2, -0.15) is 0 Å². The Morgan fingerprint density at radius 1 is 1.18 bits per heavy atom. The summed E-state index contributed by atoms with van der Waals surface area (Å²) >= 11 is 1.93. The minimum Gasteiger partial charge on any atom is -0.453 e. The fourth-order valence-corrected chi connectivity index (χ4v) is 4.95. The minimum atomic E-state index is -0.594. The highest BCUT2D eigenvalue weighted by Crippen LogP contribution is 2.30. The number of nitrogens with one attached hydrogen (secondary N) is 4. The maximum absolute atomic E-state index is 8.54. The number of thioether (sulfide) groups is 1. The predicted molar refractivity (Wildman–Crippen MR) is 162 cm³/mol. The molecule has 1 saturated heterocycles. The van der Waals surface area contributed by atoms with Crippen LogP contribution in [0.5, 0.6) is 0 Å². The highest BCUT2D eigenvalue weighted by Gasteiger charge is 2.20. The molecule has 1 aliphatic rings. The van der Waals surface area contributed by atoms with Gasteiger partial charge in [-0.15, -0.1) is 11.8 Å². The number of nitrogens with zero attached hydrogens (tertiary/aromatic N) is 1. The van der Waals surface area contributed by atoms with Crippen LogP contribution in [0.2, 0.25) is 0 Å². The molecular formula is C30H45N5O2S. The summed E-state index contributed by atoms with van der Waals surface area (Å²) in [6, 6.07) is 8.66. The number of benzene rings is 1. The summed E-state index contributed by atoms with van der Waals surface area (Å²) in [5.41, 5.74) is 5.37. The number of allylic oxidation sites excluding steroid dienone is 3. The largest absolute Gasteiger partial charge is 0.453 e. The second kappa shape index (κ2) is 17.0. The first kappa shape index (κ1) is 31.6. The molecule has 1 aliphatic heterocycles. The molecule has 0 aliphatic carbocycles. The molecule has 1 fully saturated rings. The summed E-state index contributed by atoms with van der Waals surface area (Å²) < 4.78 is 11.6. The Kier molecular flexibility index (Phi) is 14.2. The van der Waals surface area contributed by atoms with Gasteiger partial charge in [0, 0.05) is 53.9 Å². The van der Waals surface area contributed by atoms with Gasteiger partial charge >= 0.3 is 0 Å². The molecule has 8 heteroatoms. The third-order valence-electron chi connectivity index (χ3n) is 6.30. The predicted octanol–water partition coefficient (Wildman–Crippen LogP) is 5.43. The summed E-state index contributed by atoms with van der Waals surface area (Å²) in [5, 5.41) is 18.7. The second-order valence-corrected chi connectivity index (χ2v) is 10.4. The van der Waals surface area contributed by atoms with Crippen LogP contribution in [0.25, 0.3) is 0 Å². The summed E-state index contributed by atoms with van der Waals surface area (Å²) in [4.78, 5) is 6.32. The molecule has 1 atom stereocenters. The van der Waals surface area contributed by atoms with Crippen molar-refractivity contribution in [1.82, 2.24) is 16.0 Å². The zero-order valence-corrected chi connectivity index (χ0v) is 24.6. The molecule has 7 nitrogen and oxygen atoms in total. The van der Waals surface area contributed by atoms with E-state index in [9.17, 15) is 0 Å². The molecule has 38 heavy (non-hydrogen) atoms. The van der Waals surface area contributed by atoms with Crippen molar-refractivity contribution in [2.24, 2.45) is 4.99 Å². The van der Waals surface area contributed by atoms with Gasteiger partial charge in [-0.1, -0.05) is 43.9 Å².